The SMILES string of the molecule is CC(CC(CCOC(=O)c1ccccc1)C(=O)c1ccc(N(C)c2ccc(Cl)cc2)cn1)[S+]=O. The highest BCUT2D eigenvalue weighted by Gasteiger charge is 2.28. The van der Waals surface area contributed by atoms with Gasteiger partial charge in [0.1, 0.15) is 5.69 Å². The number of carbonyl (C=O) groups excluding carboxylic acids is 2. The molecule has 176 valence electrons. The van der Waals surface area contributed by atoms with Crippen molar-refractivity contribution in [3.05, 3.63) is 89.2 Å². The zero-order valence-corrected chi connectivity index (χ0v) is 20.6. The maximum absolute atomic E-state index is 13.2. The quantitative estimate of drug-likeness (QED) is 0.190. The lowest BCUT2D eigenvalue weighted by atomic mass is 9.93. The van der Waals surface area contributed by atoms with Crippen LogP contribution in [0.25, 0.3) is 0 Å². The zero-order valence-electron chi connectivity index (χ0n) is 19.0. The Bertz CT molecular complexity index is 1110. The second kappa shape index (κ2) is 12.3. The van der Waals surface area contributed by atoms with Gasteiger partial charge in [-0.1, -0.05) is 29.8 Å². The Morgan fingerprint density at radius 1 is 1.03 bits per heavy atom. The normalized spacial score (nSPS) is 12.4. The summed E-state index contributed by atoms with van der Waals surface area (Å²) in [6.45, 7) is 1.86. The van der Waals surface area contributed by atoms with Crippen molar-refractivity contribution < 1.29 is 18.5 Å². The van der Waals surface area contributed by atoms with Gasteiger partial charge in [-0.05, 0) is 61.9 Å². The number of hydrogen-bond donors (Lipinski definition) is 0. The first-order chi connectivity index (χ1) is 16.4. The maximum atomic E-state index is 13.2. The van der Waals surface area contributed by atoms with E-state index in [4.69, 9.17) is 16.3 Å². The Balaban J connectivity index is 1.67. The van der Waals surface area contributed by atoms with Crippen molar-refractivity contribution in [1.82, 2.24) is 4.98 Å². The molecule has 2 aromatic carbocycles. The molecule has 0 fully saturated rings. The molecule has 0 radical (unpaired) electrons. The van der Waals surface area contributed by atoms with Gasteiger partial charge in [0.05, 0.1) is 24.1 Å². The Morgan fingerprint density at radius 2 is 1.71 bits per heavy atom. The molecule has 0 bridgehead atoms. The largest absolute Gasteiger partial charge is 0.462 e. The summed E-state index contributed by atoms with van der Waals surface area (Å²) < 4.78 is 16.6. The lowest BCUT2D eigenvalue weighted by Gasteiger charge is -2.20. The number of pyridine rings is 1. The summed E-state index contributed by atoms with van der Waals surface area (Å²) in [6.07, 6.45) is 2.33. The van der Waals surface area contributed by atoms with Crippen LogP contribution in [0.4, 0.5) is 11.4 Å². The van der Waals surface area contributed by atoms with E-state index in [9.17, 15) is 13.8 Å². The first kappa shape index (κ1) is 25.5. The Kier molecular flexibility index (Phi) is 9.24. The topological polar surface area (TPSA) is 76.6 Å². The lowest BCUT2D eigenvalue weighted by molar-refractivity contribution is 0.0472. The van der Waals surface area contributed by atoms with Crippen LogP contribution in [0.3, 0.4) is 0 Å². The molecule has 2 atom stereocenters. The number of benzene rings is 2. The molecule has 34 heavy (non-hydrogen) atoms. The van der Waals surface area contributed by atoms with Crippen LogP contribution in [0, 0.1) is 5.92 Å². The van der Waals surface area contributed by atoms with E-state index >= 15 is 0 Å². The molecular formula is C26H26ClN2O4S+. The van der Waals surface area contributed by atoms with Crippen molar-refractivity contribution in [2.45, 2.75) is 25.0 Å². The van der Waals surface area contributed by atoms with Crippen LogP contribution < -0.4 is 4.90 Å². The maximum Gasteiger partial charge on any atom is 0.461 e. The number of esters is 1. The number of hydrogen-bond acceptors (Lipinski definition) is 6. The molecule has 0 saturated carbocycles. The molecule has 0 spiro atoms. The van der Waals surface area contributed by atoms with Crippen LogP contribution >= 0.6 is 11.6 Å². The average molecular weight is 498 g/mol. The molecule has 3 aromatic rings. The number of rotatable bonds is 11. The van der Waals surface area contributed by atoms with Gasteiger partial charge in [-0.15, -0.1) is 0 Å². The van der Waals surface area contributed by atoms with E-state index in [2.05, 4.69) is 4.98 Å². The van der Waals surface area contributed by atoms with E-state index in [0.29, 0.717) is 40.8 Å². The molecule has 0 aliphatic heterocycles. The number of Topliss-reactive ketones (excluding diaryl/α,β-unsaturated/α-hetero) is 1. The van der Waals surface area contributed by atoms with Gasteiger partial charge < -0.3 is 9.64 Å². The smallest absolute Gasteiger partial charge is 0.461 e. The van der Waals surface area contributed by atoms with Gasteiger partial charge in [0.2, 0.25) is 5.25 Å². The number of ether oxygens (including phenoxy) is 1. The highest BCUT2D eigenvalue weighted by Crippen LogP contribution is 2.25. The van der Waals surface area contributed by atoms with E-state index in [-0.39, 0.29) is 17.6 Å². The van der Waals surface area contributed by atoms with Gasteiger partial charge in [-0.25, -0.2) is 4.79 Å². The third-order valence-corrected chi connectivity index (χ3v) is 6.23. The van der Waals surface area contributed by atoms with Crippen molar-refractivity contribution in [3.8, 4) is 0 Å². The van der Waals surface area contributed by atoms with E-state index < -0.39 is 11.9 Å². The third kappa shape index (κ3) is 6.92. The highest BCUT2D eigenvalue weighted by atomic mass is 35.5. The molecule has 1 aromatic heterocycles. The van der Waals surface area contributed by atoms with Crippen molar-refractivity contribution in [3.63, 3.8) is 0 Å². The Morgan fingerprint density at radius 3 is 2.32 bits per heavy atom. The minimum Gasteiger partial charge on any atom is -0.462 e. The van der Waals surface area contributed by atoms with Crippen molar-refractivity contribution >= 4 is 46.4 Å². The Labute approximate surface area is 208 Å². The fourth-order valence-electron chi connectivity index (χ4n) is 3.50. The predicted molar refractivity (Wildman–Crippen MR) is 135 cm³/mol. The van der Waals surface area contributed by atoms with Gasteiger partial charge in [0.25, 0.3) is 0 Å². The van der Waals surface area contributed by atoms with Crippen molar-refractivity contribution in [2.24, 2.45) is 5.92 Å². The van der Waals surface area contributed by atoms with Crippen molar-refractivity contribution in [1.29, 1.82) is 0 Å². The van der Waals surface area contributed by atoms with E-state index in [1.54, 1.807) is 43.5 Å². The highest BCUT2D eigenvalue weighted by molar-refractivity contribution is 7.66. The van der Waals surface area contributed by atoms with Crippen LogP contribution in [0.2, 0.25) is 5.02 Å². The van der Waals surface area contributed by atoms with Crippen LogP contribution in [0.5, 0.6) is 0 Å². The van der Waals surface area contributed by atoms with Gasteiger partial charge >= 0.3 is 17.6 Å². The molecule has 0 N–H and O–H groups in total. The van der Waals surface area contributed by atoms with Crippen LogP contribution in [0.1, 0.15) is 40.6 Å². The van der Waals surface area contributed by atoms with E-state index in [1.807, 2.05) is 48.3 Å². The number of carbonyl (C=O) groups is 2. The second-order valence-corrected chi connectivity index (χ2v) is 9.37. The molecule has 1 heterocycles. The molecule has 3 rings (SSSR count). The van der Waals surface area contributed by atoms with Crippen LogP contribution in [-0.4, -0.2) is 35.6 Å². The molecular weight excluding hydrogens is 472 g/mol. The standard InChI is InChI=1S/C26H26ClN2O4S/c1-18(34-32)16-20(14-15-33-26(31)19-6-4-3-5-7-19)25(30)24-13-12-23(17-28-24)29(2)22-10-8-21(27)9-11-22/h3-13,17-18,20H,14-16H2,1-2H3/q+1. The van der Waals surface area contributed by atoms with Crippen LogP contribution in [0.15, 0.2) is 72.9 Å². The number of nitrogens with zero attached hydrogens (tertiary/aromatic N) is 2. The summed E-state index contributed by atoms with van der Waals surface area (Å²) in [5, 5.41) is 0.399. The summed E-state index contributed by atoms with van der Waals surface area (Å²) in [7, 11) is 1.90. The monoisotopic (exact) mass is 497 g/mol. The third-order valence-electron chi connectivity index (χ3n) is 5.46. The summed E-state index contributed by atoms with van der Waals surface area (Å²) in [4.78, 5) is 31.7. The summed E-state index contributed by atoms with van der Waals surface area (Å²) in [5.74, 6) is -1.09. The first-order valence-electron chi connectivity index (χ1n) is 10.9. The predicted octanol–water partition coefficient (Wildman–Crippen LogP) is 5.76. The van der Waals surface area contributed by atoms with Crippen LogP contribution in [-0.2, 0) is 20.6 Å². The zero-order chi connectivity index (χ0) is 24.5. The Hall–Kier alpha value is -3.16. The second-order valence-electron chi connectivity index (χ2n) is 7.93. The average Bonchev–Trinajstić information content (AvgIpc) is 2.88. The minimum atomic E-state index is -0.479. The van der Waals surface area contributed by atoms with Gasteiger partial charge in [0.15, 0.2) is 5.78 Å². The number of ketones is 1. The first-order valence-corrected chi connectivity index (χ1v) is 12.1. The molecule has 6 nitrogen and oxygen atoms in total. The van der Waals surface area contributed by atoms with Crippen molar-refractivity contribution in [2.75, 3.05) is 18.6 Å². The summed E-state index contributed by atoms with van der Waals surface area (Å²) >= 11 is 6.42. The fourth-order valence-corrected chi connectivity index (χ4v) is 3.94. The van der Waals surface area contributed by atoms with E-state index in [0.717, 1.165) is 11.4 Å². The van der Waals surface area contributed by atoms with Gasteiger partial charge in [-0.3, -0.25) is 9.78 Å². The molecule has 0 aliphatic rings. The number of aromatic nitrogens is 1. The molecule has 8 heteroatoms. The van der Waals surface area contributed by atoms with Gasteiger partial charge in [0, 0.05) is 34.3 Å². The van der Waals surface area contributed by atoms with Gasteiger partial charge in [-0.2, -0.15) is 0 Å². The summed E-state index contributed by atoms with van der Waals surface area (Å²) in [5.41, 5.74) is 2.52. The number of anilines is 2. The summed E-state index contributed by atoms with van der Waals surface area (Å²) in [6, 6.07) is 19.6. The molecule has 0 amide bonds. The minimum absolute atomic E-state index is 0.0811. The molecule has 0 saturated heterocycles. The lowest BCUT2D eigenvalue weighted by Crippen LogP contribution is -2.23. The number of halogens is 1. The molecule has 0 aliphatic carbocycles. The molecule has 2 unspecified atom stereocenters. The fraction of sp³-hybridized carbons (Fsp3) is 0.269. The van der Waals surface area contributed by atoms with E-state index in [1.165, 1.54) is 0 Å².